The van der Waals surface area contributed by atoms with E-state index >= 15 is 0 Å². The van der Waals surface area contributed by atoms with Crippen LogP contribution in [0.1, 0.15) is 10.4 Å². The van der Waals surface area contributed by atoms with Crippen LogP contribution in [-0.4, -0.2) is 0 Å². The van der Waals surface area contributed by atoms with Gasteiger partial charge in [0.25, 0.3) is 0 Å². The third-order valence-electron chi connectivity index (χ3n) is 0.887. The molecule has 1 radical (unpaired) electrons. The fraction of sp³-hybridized carbons (Fsp3) is 0. The van der Waals surface area contributed by atoms with Crippen LogP contribution >= 0.6 is 22.9 Å². The smallest absolute Gasteiger partial charge is 0.125 e. The maximum absolute atomic E-state index is 8.37. The molecule has 0 aromatic carbocycles. The molecule has 0 bridgehead atoms. The van der Waals surface area contributed by atoms with Gasteiger partial charge in [-0.1, -0.05) is 11.6 Å². The fourth-order valence-electron chi connectivity index (χ4n) is 0.449. The van der Waals surface area contributed by atoms with Crippen molar-refractivity contribution < 1.29 is 0 Å². The molecule has 2 nitrogen and oxygen atoms in total. The fourth-order valence-corrected chi connectivity index (χ4v) is 1.34. The van der Waals surface area contributed by atoms with Crippen molar-refractivity contribution in [3.63, 3.8) is 0 Å². The van der Waals surface area contributed by atoms with Crippen LogP contribution in [0.25, 0.3) is 0 Å². The molecular weight excluding hydrogens is 168 g/mol. The number of hydrogen-bond donors (Lipinski definition) is 0. The lowest BCUT2D eigenvalue weighted by molar-refractivity contribution is 1.49. The standard InChI is InChI=1S/C6ClN2S/c7-6-4(1-8)3-10-5(6)2-9. The molecule has 4 heteroatoms. The summed E-state index contributed by atoms with van der Waals surface area (Å²) in [6.07, 6.45) is 0. The van der Waals surface area contributed by atoms with Gasteiger partial charge in [-0.05, 0) is 0 Å². The monoisotopic (exact) mass is 167 g/mol. The zero-order valence-corrected chi connectivity index (χ0v) is 6.25. The lowest BCUT2D eigenvalue weighted by Gasteiger charge is -1.78. The summed E-state index contributed by atoms with van der Waals surface area (Å²) < 4.78 is 0. The molecule has 1 heterocycles. The number of halogens is 1. The van der Waals surface area contributed by atoms with E-state index in [-0.39, 0.29) is 10.6 Å². The summed E-state index contributed by atoms with van der Waals surface area (Å²) in [6, 6.07) is 3.68. The largest absolute Gasteiger partial charge is 0.192 e. The van der Waals surface area contributed by atoms with Crippen molar-refractivity contribution in [3.8, 4) is 12.1 Å². The van der Waals surface area contributed by atoms with Gasteiger partial charge in [-0.15, -0.1) is 11.3 Å². The third kappa shape index (κ3) is 0.974. The first kappa shape index (κ1) is 7.08. The van der Waals surface area contributed by atoms with Gasteiger partial charge in [0.2, 0.25) is 0 Å². The van der Waals surface area contributed by atoms with Gasteiger partial charge in [0.15, 0.2) is 0 Å². The molecule has 0 N–H and O–H groups in total. The first-order chi connectivity index (χ1) is 4.79. The summed E-state index contributed by atoms with van der Waals surface area (Å²) in [4.78, 5) is 0.346. The van der Waals surface area contributed by atoms with Crippen molar-refractivity contribution in [2.75, 3.05) is 0 Å². The Morgan fingerprint density at radius 3 is 2.40 bits per heavy atom. The SMILES string of the molecule is N#Cc1[c]sc(C#N)c1Cl. The van der Waals surface area contributed by atoms with Crippen LogP contribution in [0, 0.1) is 28.0 Å². The Hall–Kier alpha value is -1.03. The van der Waals surface area contributed by atoms with Gasteiger partial charge in [0.05, 0.1) is 16.0 Å². The molecule has 0 saturated carbocycles. The van der Waals surface area contributed by atoms with Gasteiger partial charge in [0.1, 0.15) is 17.0 Å². The molecule has 0 fully saturated rings. The first-order valence-electron chi connectivity index (χ1n) is 2.29. The Morgan fingerprint density at radius 1 is 1.40 bits per heavy atom. The zero-order chi connectivity index (χ0) is 7.56. The van der Waals surface area contributed by atoms with Crippen molar-refractivity contribution >= 4 is 22.9 Å². The Kier molecular flexibility index (Phi) is 1.91. The van der Waals surface area contributed by atoms with E-state index in [0.29, 0.717) is 4.88 Å². The molecule has 0 atom stereocenters. The number of nitrogens with zero attached hydrogens (tertiary/aromatic N) is 2. The number of thiophene rings is 1. The molecule has 0 saturated heterocycles. The Bertz CT molecular complexity index is 297. The van der Waals surface area contributed by atoms with Crippen LogP contribution in [-0.2, 0) is 0 Å². The average Bonchev–Trinajstić information content (AvgIpc) is 2.30. The Morgan fingerprint density at radius 2 is 2.10 bits per heavy atom. The van der Waals surface area contributed by atoms with Crippen LogP contribution < -0.4 is 0 Å². The maximum atomic E-state index is 8.37. The van der Waals surface area contributed by atoms with E-state index < -0.39 is 0 Å². The van der Waals surface area contributed by atoms with Crippen molar-refractivity contribution in [1.29, 1.82) is 10.5 Å². The second-order valence-corrected chi connectivity index (χ2v) is 2.64. The molecule has 0 aliphatic heterocycles. The summed E-state index contributed by atoms with van der Waals surface area (Å²) in [5.74, 6) is 0. The van der Waals surface area contributed by atoms with E-state index in [1.807, 2.05) is 12.1 Å². The highest BCUT2D eigenvalue weighted by Gasteiger charge is 2.07. The van der Waals surface area contributed by atoms with Crippen molar-refractivity contribution in [1.82, 2.24) is 0 Å². The van der Waals surface area contributed by atoms with Gasteiger partial charge >= 0.3 is 0 Å². The molecule has 0 aliphatic carbocycles. The predicted molar refractivity (Wildman–Crippen MR) is 37.6 cm³/mol. The highest BCUT2D eigenvalue weighted by atomic mass is 35.5. The third-order valence-corrected chi connectivity index (χ3v) is 2.18. The Balaban J connectivity index is 3.28. The zero-order valence-electron chi connectivity index (χ0n) is 4.68. The summed E-state index contributed by atoms with van der Waals surface area (Å²) in [6.45, 7) is 0. The number of nitriles is 2. The molecule has 10 heavy (non-hydrogen) atoms. The lowest BCUT2D eigenvalue weighted by Crippen LogP contribution is -1.67. The quantitative estimate of drug-likeness (QED) is 0.593. The molecule has 1 rings (SSSR count). The van der Waals surface area contributed by atoms with E-state index in [2.05, 4.69) is 5.38 Å². The Labute approximate surface area is 66.9 Å². The van der Waals surface area contributed by atoms with Crippen LogP contribution in [0.2, 0.25) is 5.02 Å². The van der Waals surface area contributed by atoms with Crippen LogP contribution in [0.4, 0.5) is 0 Å². The summed E-state index contributed by atoms with van der Waals surface area (Å²) >= 11 is 6.62. The highest BCUT2D eigenvalue weighted by molar-refractivity contribution is 7.10. The number of rotatable bonds is 0. The van der Waals surface area contributed by atoms with Gasteiger partial charge in [0, 0.05) is 0 Å². The minimum Gasteiger partial charge on any atom is -0.192 e. The molecule has 0 aliphatic rings. The molecule has 1 aromatic heterocycles. The molecule has 0 spiro atoms. The summed E-state index contributed by atoms with van der Waals surface area (Å²) in [7, 11) is 0. The lowest BCUT2D eigenvalue weighted by atomic mass is 10.3. The minimum absolute atomic E-state index is 0.218. The van der Waals surface area contributed by atoms with Crippen molar-refractivity contribution in [2.45, 2.75) is 0 Å². The normalized spacial score (nSPS) is 8.30. The molecule has 0 unspecified atom stereocenters. The number of hydrogen-bond acceptors (Lipinski definition) is 3. The van der Waals surface area contributed by atoms with E-state index in [4.69, 9.17) is 22.1 Å². The highest BCUT2D eigenvalue weighted by Crippen LogP contribution is 2.25. The van der Waals surface area contributed by atoms with Crippen molar-refractivity contribution in [3.05, 3.63) is 20.8 Å². The van der Waals surface area contributed by atoms with E-state index in [1.54, 1.807) is 0 Å². The van der Waals surface area contributed by atoms with Gasteiger partial charge in [-0.3, -0.25) is 0 Å². The second-order valence-electron chi connectivity index (χ2n) is 1.45. The minimum atomic E-state index is 0.218. The second kappa shape index (κ2) is 2.70. The predicted octanol–water partition coefficient (Wildman–Crippen LogP) is 1.95. The van der Waals surface area contributed by atoms with Crippen LogP contribution in [0.5, 0.6) is 0 Å². The summed E-state index contributed by atoms with van der Waals surface area (Å²) in [5, 5.41) is 19.6. The topological polar surface area (TPSA) is 47.6 Å². The first-order valence-corrected chi connectivity index (χ1v) is 3.49. The molecule has 1 aromatic rings. The molecule has 0 amide bonds. The maximum Gasteiger partial charge on any atom is 0.125 e. The van der Waals surface area contributed by atoms with Crippen LogP contribution in [0.3, 0.4) is 0 Å². The van der Waals surface area contributed by atoms with Gasteiger partial charge in [-0.25, -0.2) is 0 Å². The molecular formula is C6ClN2S. The summed E-state index contributed by atoms with van der Waals surface area (Å²) in [5.41, 5.74) is 0.253. The van der Waals surface area contributed by atoms with E-state index in [0.717, 1.165) is 11.3 Å². The van der Waals surface area contributed by atoms with E-state index in [9.17, 15) is 0 Å². The van der Waals surface area contributed by atoms with Crippen molar-refractivity contribution in [2.24, 2.45) is 0 Å². The molecule has 47 valence electrons. The average molecular weight is 168 g/mol. The van der Waals surface area contributed by atoms with Gasteiger partial charge < -0.3 is 0 Å². The van der Waals surface area contributed by atoms with E-state index in [1.165, 1.54) is 0 Å². The van der Waals surface area contributed by atoms with Gasteiger partial charge in [-0.2, -0.15) is 10.5 Å². The van der Waals surface area contributed by atoms with Crippen LogP contribution in [0.15, 0.2) is 0 Å².